The van der Waals surface area contributed by atoms with Crippen LogP contribution in [-0.2, 0) is 0 Å². The van der Waals surface area contributed by atoms with E-state index in [-0.39, 0.29) is 11.4 Å². The lowest BCUT2D eigenvalue weighted by Gasteiger charge is -2.26. The van der Waals surface area contributed by atoms with Crippen molar-refractivity contribution in [3.8, 4) is 0 Å². The van der Waals surface area contributed by atoms with E-state index in [1.165, 1.54) is 4.91 Å². The van der Waals surface area contributed by atoms with E-state index in [0.29, 0.717) is 5.92 Å². The molecule has 0 fully saturated rings. The maximum Gasteiger partial charge on any atom is 0.0623 e. The predicted octanol–water partition coefficient (Wildman–Crippen LogP) is 3.83. The molecule has 0 rings (SSSR count). The monoisotopic (exact) mass is 216 g/mol. The van der Waals surface area contributed by atoms with E-state index in [1.54, 1.807) is 0 Å². The predicted molar refractivity (Wildman–Crippen MR) is 66.6 cm³/mol. The molecule has 2 heteroatoms. The van der Waals surface area contributed by atoms with Crippen LogP contribution in [-0.4, -0.2) is 16.5 Å². The second-order valence-electron chi connectivity index (χ2n) is 4.31. The van der Waals surface area contributed by atoms with Crippen LogP contribution in [0.15, 0.2) is 11.0 Å². The Hall–Kier alpha value is 0.0500. The molecule has 1 unspecified atom stereocenters. The summed E-state index contributed by atoms with van der Waals surface area (Å²) in [6, 6.07) is 0. The van der Waals surface area contributed by atoms with Crippen LogP contribution in [0.3, 0.4) is 0 Å². The van der Waals surface area contributed by atoms with Gasteiger partial charge in [0.15, 0.2) is 0 Å². The average molecular weight is 216 g/mol. The quantitative estimate of drug-likeness (QED) is 0.728. The lowest BCUT2D eigenvalue weighted by Crippen LogP contribution is -2.14. The van der Waals surface area contributed by atoms with Gasteiger partial charge in [0.25, 0.3) is 0 Å². The molecule has 0 bridgehead atoms. The fraction of sp³-hybridized carbons (Fsp3) is 0.833. The summed E-state index contributed by atoms with van der Waals surface area (Å²) < 4.78 is 0.282. The zero-order valence-electron chi connectivity index (χ0n) is 10.1. The molecule has 0 aliphatic carbocycles. The summed E-state index contributed by atoms with van der Waals surface area (Å²) in [5.41, 5.74) is 0. The van der Waals surface area contributed by atoms with Gasteiger partial charge in [0, 0.05) is 4.75 Å². The van der Waals surface area contributed by atoms with Gasteiger partial charge in [-0.2, -0.15) is 0 Å². The molecule has 0 aromatic carbocycles. The number of rotatable bonds is 6. The van der Waals surface area contributed by atoms with Gasteiger partial charge in [-0.15, -0.1) is 11.8 Å². The third-order valence-electron chi connectivity index (χ3n) is 2.64. The summed E-state index contributed by atoms with van der Waals surface area (Å²) >= 11 is 1.91. The van der Waals surface area contributed by atoms with Gasteiger partial charge in [0.2, 0.25) is 0 Å². The smallest absolute Gasteiger partial charge is 0.0623 e. The number of thioether (sulfide) groups is 1. The van der Waals surface area contributed by atoms with Crippen molar-refractivity contribution >= 4 is 11.8 Å². The lowest BCUT2D eigenvalue weighted by molar-refractivity contribution is 0.341. The Bertz CT molecular complexity index is 185. The summed E-state index contributed by atoms with van der Waals surface area (Å²) in [5, 5.41) is 8.96. The first-order chi connectivity index (χ1) is 6.46. The Balaban J connectivity index is 4.46. The minimum absolute atomic E-state index is 0.159. The second kappa shape index (κ2) is 6.52. The van der Waals surface area contributed by atoms with Gasteiger partial charge < -0.3 is 5.11 Å². The van der Waals surface area contributed by atoms with Gasteiger partial charge in [-0.25, -0.2) is 0 Å². The highest BCUT2D eigenvalue weighted by atomic mass is 32.2. The van der Waals surface area contributed by atoms with Gasteiger partial charge >= 0.3 is 0 Å². The molecule has 0 radical (unpaired) electrons. The Kier molecular flexibility index (Phi) is 6.54. The normalized spacial score (nSPS) is 15.7. The summed E-state index contributed by atoms with van der Waals surface area (Å²) in [4.78, 5) is 1.34. The molecule has 0 aliphatic rings. The van der Waals surface area contributed by atoms with Crippen LogP contribution in [0.2, 0.25) is 0 Å². The summed E-state index contributed by atoms with van der Waals surface area (Å²) in [7, 11) is 0. The van der Waals surface area contributed by atoms with Gasteiger partial charge in [0.1, 0.15) is 0 Å². The minimum atomic E-state index is 0.159. The number of hydrogen-bond donors (Lipinski definition) is 1. The first-order valence-corrected chi connectivity index (χ1v) is 6.28. The largest absolute Gasteiger partial charge is 0.392 e. The van der Waals surface area contributed by atoms with Crippen molar-refractivity contribution in [2.45, 2.75) is 52.2 Å². The Morgan fingerprint density at radius 1 is 1.43 bits per heavy atom. The van der Waals surface area contributed by atoms with Crippen molar-refractivity contribution in [3.05, 3.63) is 11.0 Å². The lowest BCUT2D eigenvalue weighted by atomic mass is 10.1. The molecule has 84 valence electrons. The van der Waals surface area contributed by atoms with Crippen LogP contribution in [0, 0.1) is 5.92 Å². The van der Waals surface area contributed by atoms with E-state index in [4.69, 9.17) is 5.11 Å². The van der Waals surface area contributed by atoms with Gasteiger partial charge in [0.05, 0.1) is 6.61 Å². The third-order valence-corrected chi connectivity index (χ3v) is 4.28. The van der Waals surface area contributed by atoms with Crippen molar-refractivity contribution in [1.82, 2.24) is 0 Å². The number of allylic oxidation sites excluding steroid dienone is 1. The fourth-order valence-electron chi connectivity index (χ4n) is 1.03. The first-order valence-electron chi connectivity index (χ1n) is 5.46. The molecule has 0 saturated carbocycles. The van der Waals surface area contributed by atoms with Crippen molar-refractivity contribution in [2.24, 2.45) is 5.92 Å². The van der Waals surface area contributed by atoms with E-state index in [2.05, 4.69) is 34.6 Å². The van der Waals surface area contributed by atoms with E-state index >= 15 is 0 Å². The maximum atomic E-state index is 8.96. The molecule has 0 heterocycles. The van der Waals surface area contributed by atoms with Crippen molar-refractivity contribution < 1.29 is 5.11 Å². The maximum absolute atomic E-state index is 8.96. The van der Waals surface area contributed by atoms with Crippen LogP contribution in [0.25, 0.3) is 0 Å². The van der Waals surface area contributed by atoms with Gasteiger partial charge in [-0.3, -0.25) is 0 Å². The van der Waals surface area contributed by atoms with E-state index < -0.39 is 0 Å². The fourth-order valence-corrected chi connectivity index (χ4v) is 2.33. The van der Waals surface area contributed by atoms with E-state index in [9.17, 15) is 0 Å². The minimum Gasteiger partial charge on any atom is -0.392 e. The van der Waals surface area contributed by atoms with E-state index in [1.807, 2.05) is 17.8 Å². The topological polar surface area (TPSA) is 20.2 Å². The molecule has 1 N–H and O–H groups in total. The zero-order chi connectivity index (χ0) is 11.2. The number of hydrogen-bond acceptors (Lipinski definition) is 2. The standard InChI is InChI=1S/C12H24OS/c1-6-10(3)11(8-9-13)14-12(4,5)7-2/h8,10,13H,6-7,9H2,1-5H3/b11-8-. The van der Waals surface area contributed by atoms with Crippen molar-refractivity contribution in [1.29, 1.82) is 0 Å². The number of aliphatic hydroxyl groups is 1. The average Bonchev–Trinajstić information content (AvgIpc) is 2.16. The van der Waals surface area contributed by atoms with Crippen LogP contribution in [0.1, 0.15) is 47.5 Å². The third kappa shape index (κ3) is 5.06. The first kappa shape index (κ1) is 14.1. The van der Waals surface area contributed by atoms with Crippen molar-refractivity contribution in [2.75, 3.05) is 6.61 Å². The molecular weight excluding hydrogens is 192 g/mol. The molecule has 0 spiro atoms. The van der Waals surface area contributed by atoms with Crippen LogP contribution in [0.4, 0.5) is 0 Å². The Morgan fingerprint density at radius 2 is 2.00 bits per heavy atom. The highest BCUT2D eigenvalue weighted by Gasteiger charge is 2.20. The molecule has 0 aromatic heterocycles. The molecule has 0 saturated heterocycles. The summed E-state index contributed by atoms with van der Waals surface area (Å²) in [5.74, 6) is 0.568. The molecule has 0 aromatic rings. The van der Waals surface area contributed by atoms with E-state index in [0.717, 1.165) is 12.8 Å². The van der Waals surface area contributed by atoms with Crippen molar-refractivity contribution in [3.63, 3.8) is 0 Å². The number of aliphatic hydroxyl groups excluding tert-OH is 1. The Morgan fingerprint density at radius 3 is 2.36 bits per heavy atom. The van der Waals surface area contributed by atoms with Crippen LogP contribution in [0.5, 0.6) is 0 Å². The zero-order valence-corrected chi connectivity index (χ0v) is 10.9. The molecular formula is C12H24OS. The highest BCUT2D eigenvalue weighted by molar-refractivity contribution is 8.04. The molecule has 0 aliphatic heterocycles. The van der Waals surface area contributed by atoms with Crippen LogP contribution >= 0.6 is 11.8 Å². The Labute approximate surface area is 93.0 Å². The SMILES string of the molecule is CCC(C)/C(=C/CO)SC(C)(C)CC. The molecule has 1 nitrogen and oxygen atoms in total. The summed E-state index contributed by atoms with van der Waals surface area (Å²) in [6.07, 6.45) is 4.24. The molecule has 0 amide bonds. The van der Waals surface area contributed by atoms with Gasteiger partial charge in [-0.05, 0) is 29.7 Å². The summed E-state index contributed by atoms with van der Waals surface area (Å²) in [6.45, 7) is 11.3. The highest BCUT2D eigenvalue weighted by Crippen LogP contribution is 2.38. The van der Waals surface area contributed by atoms with Gasteiger partial charge in [-0.1, -0.05) is 34.6 Å². The second-order valence-corrected chi connectivity index (χ2v) is 6.09. The molecule has 14 heavy (non-hydrogen) atoms. The van der Waals surface area contributed by atoms with Crippen LogP contribution < -0.4 is 0 Å². The molecule has 1 atom stereocenters.